The maximum absolute atomic E-state index is 12.6. The lowest BCUT2D eigenvalue weighted by Crippen LogP contribution is -2.46. The standard InChI is InChI=1S/C23H33F2N5O2/c1-12(2)29-17(10-16(26)14-8-19(32-23(24)25)22(27)28-11-14)21-15-9-18(13(3)20(15)21)30-4-6-31-7-5-30/h8,11-13,15,18,20-21,23,26H,4-7,9-10H2,1-3H3,(H2,27,28). The monoisotopic (exact) mass is 449 g/mol. The highest BCUT2D eigenvalue weighted by Crippen LogP contribution is 2.62. The van der Waals surface area contributed by atoms with Gasteiger partial charge in [0.05, 0.1) is 13.2 Å². The molecule has 4 rings (SSSR count). The highest BCUT2D eigenvalue weighted by Gasteiger charge is 2.62. The average molecular weight is 450 g/mol. The number of nitrogens with one attached hydrogen (secondary N) is 1. The minimum Gasteiger partial charge on any atom is -0.431 e. The van der Waals surface area contributed by atoms with Crippen molar-refractivity contribution in [2.24, 2.45) is 28.7 Å². The second-order valence-electron chi connectivity index (χ2n) is 9.43. The van der Waals surface area contributed by atoms with E-state index >= 15 is 0 Å². The molecule has 3 fully saturated rings. The van der Waals surface area contributed by atoms with Crippen molar-refractivity contribution < 1.29 is 18.3 Å². The number of pyridine rings is 1. The van der Waals surface area contributed by atoms with Gasteiger partial charge in [0.15, 0.2) is 11.6 Å². The van der Waals surface area contributed by atoms with E-state index < -0.39 is 6.61 Å². The predicted octanol–water partition coefficient (Wildman–Crippen LogP) is 3.48. The number of aromatic nitrogens is 1. The summed E-state index contributed by atoms with van der Waals surface area (Å²) < 4.78 is 35.3. The number of fused-ring (bicyclic) bond motifs is 1. The summed E-state index contributed by atoms with van der Waals surface area (Å²) in [5.74, 6) is 1.86. The van der Waals surface area contributed by atoms with Gasteiger partial charge in [-0.1, -0.05) is 6.92 Å². The number of halogens is 2. The normalized spacial score (nSPS) is 30.6. The molecule has 1 aromatic rings. The molecule has 3 aliphatic rings. The second kappa shape index (κ2) is 9.39. The van der Waals surface area contributed by atoms with Crippen LogP contribution in [0.2, 0.25) is 0 Å². The fourth-order valence-electron chi connectivity index (χ4n) is 5.71. The Morgan fingerprint density at radius 1 is 1.38 bits per heavy atom. The zero-order valence-electron chi connectivity index (χ0n) is 18.9. The molecule has 0 spiro atoms. The molecule has 5 atom stereocenters. The van der Waals surface area contributed by atoms with Crippen LogP contribution in [0.25, 0.3) is 0 Å². The second-order valence-corrected chi connectivity index (χ2v) is 9.43. The topological polar surface area (TPSA) is 96.8 Å². The first-order valence-electron chi connectivity index (χ1n) is 11.4. The number of morpholine rings is 1. The number of ether oxygens (including phenoxy) is 2. The third-order valence-corrected chi connectivity index (χ3v) is 7.08. The molecular weight excluding hydrogens is 416 g/mol. The molecule has 1 aromatic heterocycles. The largest absolute Gasteiger partial charge is 0.431 e. The first-order chi connectivity index (χ1) is 15.3. The van der Waals surface area contributed by atoms with Crippen molar-refractivity contribution >= 4 is 17.2 Å². The van der Waals surface area contributed by atoms with Gasteiger partial charge in [0, 0.05) is 60.7 Å². The van der Waals surface area contributed by atoms with Crippen molar-refractivity contribution in [2.45, 2.75) is 52.3 Å². The van der Waals surface area contributed by atoms with Gasteiger partial charge in [-0.15, -0.1) is 0 Å². The quantitative estimate of drug-likeness (QED) is 0.593. The van der Waals surface area contributed by atoms with Gasteiger partial charge in [-0.3, -0.25) is 9.89 Å². The lowest BCUT2D eigenvalue weighted by molar-refractivity contribution is -0.0495. The number of anilines is 1. The summed E-state index contributed by atoms with van der Waals surface area (Å²) >= 11 is 0. The molecule has 1 saturated heterocycles. The Balaban J connectivity index is 1.45. The van der Waals surface area contributed by atoms with E-state index in [1.165, 1.54) is 12.3 Å². The van der Waals surface area contributed by atoms with Crippen LogP contribution < -0.4 is 10.5 Å². The summed E-state index contributed by atoms with van der Waals surface area (Å²) in [5, 5.41) is 8.61. The molecule has 9 heteroatoms. The van der Waals surface area contributed by atoms with Crippen LogP contribution in [0.15, 0.2) is 17.3 Å². The molecule has 5 unspecified atom stereocenters. The van der Waals surface area contributed by atoms with E-state index in [1.807, 2.05) is 13.8 Å². The predicted molar refractivity (Wildman–Crippen MR) is 120 cm³/mol. The van der Waals surface area contributed by atoms with Gasteiger partial charge >= 0.3 is 6.61 Å². The molecule has 32 heavy (non-hydrogen) atoms. The third-order valence-electron chi connectivity index (χ3n) is 7.08. The van der Waals surface area contributed by atoms with Gasteiger partial charge < -0.3 is 20.6 Å². The first kappa shape index (κ1) is 23.0. The zero-order valence-corrected chi connectivity index (χ0v) is 18.9. The highest BCUT2D eigenvalue weighted by atomic mass is 19.3. The van der Waals surface area contributed by atoms with Gasteiger partial charge in [0.25, 0.3) is 0 Å². The van der Waals surface area contributed by atoms with Crippen LogP contribution >= 0.6 is 0 Å². The van der Waals surface area contributed by atoms with Crippen molar-refractivity contribution in [3.05, 3.63) is 17.8 Å². The SMILES string of the molecule is CC(C)N=C(CC(=N)c1cnc(N)c(OC(F)F)c1)C1C2CC(N3CCOCC3)C(C)C21. The number of nitrogen functional groups attached to an aromatic ring is 1. The Kier molecular flexibility index (Phi) is 6.76. The molecule has 0 bridgehead atoms. The molecule has 0 aromatic carbocycles. The minimum atomic E-state index is -2.99. The number of nitrogens with zero attached hydrogens (tertiary/aromatic N) is 3. The summed E-state index contributed by atoms with van der Waals surface area (Å²) in [5.41, 5.74) is 7.40. The van der Waals surface area contributed by atoms with Gasteiger partial charge in [-0.25, -0.2) is 4.98 Å². The third kappa shape index (κ3) is 4.78. The smallest absolute Gasteiger partial charge is 0.387 e. The zero-order chi connectivity index (χ0) is 23.0. The van der Waals surface area contributed by atoms with E-state index in [0.717, 1.165) is 38.4 Å². The van der Waals surface area contributed by atoms with E-state index in [2.05, 4.69) is 21.5 Å². The summed E-state index contributed by atoms with van der Waals surface area (Å²) in [4.78, 5) is 11.4. The fourth-order valence-corrected chi connectivity index (χ4v) is 5.71. The van der Waals surface area contributed by atoms with Gasteiger partial charge in [-0.05, 0) is 44.1 Å². The molecule has 0 radical (unpaired) electrons. The number of rotatable bonds is 8. The Hall–Kier alpha value is -2.13. The van der Waals surface area contributed by atoms with Crippen molar-refractivity contribution in [3.63, 3.8) is 0 Å². The number of nitrogens with two attached hydrogens (primary N) is 1. The van der Waals surface area contributed by atoms with Crippen LogP contribution in [0.1, 0.15) is 39.2 Å². The van der Waals surface area contributed by atoms with Crippen LogP contribution in [0, 0.1) is 29.1 Å². The van der Waals surface area contributed by atoms with E-state index in [1.54, 1.807) is 0 Å². The van der Waals surface area contributed by atoms with E-state index in [4.69, 9.17) is 20.9 Å². The fraction of sp³-hybridized carbons (Fsp3) is 0.696. The van der Waals surface area contributed by atoms with Gasteiger partial charge in [-0.2, -0.15) is 8.78 Å². The van der Waals surface area contributed by atoms with Crippen molar-refractivity contribution in [2.75, 3.05) is 32.0 Å². The maximum Gasteiger partial charge on any atom is 0.387 e. The van der Waals surface area contributed by atoms with Crippen LogP contribution in [0.3, 0.4) is 0 Å². The molecule has 176 valence electrons. The summed E-state index contributed by atoms with van der Waals surface area (Å²) in [7, 11) is 0. The maximum atomic E-state index is 12.6. The molecule has 0 amide bonds. The first-order valence-corrected chi connectivity index (χ1v) is 11.4. The molecule has 3 N–H and O–H groups in total. The Labute approximate surface area is 187 Å². The number of hydrogen-bond donors (Lipinski definition) is 2. The van der Waals surface area contributed by atoms with E-state index in [9.17, 15) is 8.78 Å². The molecular formula is C23H33F2N5O2. The minimum absolute atomic E-state index is 0.113. The summed E-state index contributed by atoms with van der Waals surface area (Å²) in [6, 6.07) is 2.10. The van der Waals surface area contributed by atoms with Crippen molar-refractivity contribution in [1.29, 1.82) is 5.41 Å². The average Bonchev–Trinajstić information content (AvgIpc) is 3.36. The van der Waals surface area contributed by atoms with Crippen LogP contribution in [0.5, 0.6) is 5.75 Å². The molecule has 2 heterocycles. The van der Waals surface area contributed by atoms with E-state index in [0.29, 0.717) is 47.4 Å². The lowest BCUT2D eigenvalue weighted by Gasteiger charge is -2.36. The van der Waals surface area contributed by atoms with Gasteiger partial charge in [0.1, 0.15) is 0 Å². The highest BCUT2D eigenvalue weighted by molar-refractivity contribution is 6.12. The Morgan fingerprint density at radius 3 is 2.69 bits per heavy atom. The Bertz CT molecular complexity index is 872. The molecule has 7 nitrogen and oxygen atoms in total. The lowest BCUT2D eigenvalue weighted by atomic mass is 9.91. The van der Waals surface area contributed by atoms with Gasteiger partial charge in [0.2, 0.25) is 0 Å². The summed E-state index contributed by atoms with van der Waals surface area (Å²) in [6.07, 6.45) is 2.98. The van der Waals surface area contributed by atoms with Crippen LogP contribution in [0.4, 0.5) is 14.6 Å². The van der Waals surface area contributed by atoms with Crippen LogP contribution in [-0.2, 0) is 4.74 Å². The number of aliphatic imine (C=N–C) groups is 1. The number of alkyl halides is 2. The molecule has 2 saturated carbocycles. The molecule has 2 aliphatic carbocycles. The number of hydrogen-bond acceptors (Lipinski definition) is 7. The van der Waals surface area contributed by atoms with Crippen molar-refractivity contribution in [3.8, 4) is 5.75 Å². The Morgan fingerprint density at radius 2 is 2.09 bits per heavy atom. The molecule has 1 aliphatic heterocycles. The summed E-state index contributed by atoms with van der Waals surface area (Å²) in [6.45, 7) is 7.07. The van der Waals surface area contributed by atoms with E-state index in [-0.39, 0.29) is 17.6 Å². The van der Waals surface area contributed by atoms with Crippen LogP contribution in [-0.4, -0.2) is 66.3 Å². The van der Waals surface area contributed by atoms with Crippen molar-refractivity contribution in [1.82, 2.24) is 9.88 Å².